The lowest BCUT2D eigenvalue weighted by Crippen LogP contribution is -1.94. The van der Waals surface area contributed by atoms with Crippen molar-refractivity contribution < 1.29 is 9.18 Å². The Morgan fingerprint density at radius 3 is 2.75 bits per heavy atom. The molecule has 0 saturated heterocycles. The average molecular weight is 184 g/mol. The predicted molar refractivity (Wildman–Crippen MR) is 41.3 cm³/mol. The normalized spacial score (nSPS) is 9.08. The molecule has 1 aromatic carbocycles. The van der Waals surface area contributed by atoms with Crippen LogP contribution in [0.5, 0.6) is 0 Å². The minimum atomic E-state index is -0.828. The molecule has 0 amide bonds. The lowest BCUT2D eigenvalue weighted by molar-refractivity contribution is 0.108. The van der Waals surface area contributed by atoms with Gasteiger partial charge in [-0.1, -0.05) is 0 Å². The maximum Gasteiger partial charge on any atom is 0.253 e. The van der Waals surface area contributed by atoms with Gasteiger partial charge in [0.25, 0.3) is 5.24 Å². The molecule has 1 rings (SSSR count). The van der Waals surface area contributed by atoms with E-state index >= 15 is 0 Å². The molecule has 0 spiro atoms. The van der Waals surface area contributed by atoms with Gasteiger partial charge in [-0.25, -0.2) is 4.39 Å². The van der Waals surface area contributed by atoms with Crippen LogP contribution in [-0.2, 0) is 0 Å². The summed E-state index contributed by atoms with van der Waals surface area (Å²) in [6.07, 6.45) is 0. The van der Waals surface area contributed by atoms with E-state index in [0.29, 0.717) is 0 Å². The number of nitrogens with zero attached hydrogens (tertiary/aromatic N) is 1. The minimum Gasteiger partial charge on any atom is -0.276 e. The molecule has 0 saturated carbocycles. The number of carbonyl (C=O) groups is 1. The number of halogens is 2. The van der Waals surface area contributed by atoms with Crippen molar-refractivity contribution in [2.45, 2.75) is 0 Å². The number of hydrogen-bond donors (Lipinski definition) is 0. The maximum absolute atomic E-state index is 12.5. The largest absolute Gasteiger partial charge is 0.276 e. The van der Waals surface area contributed by atoms with Gasteiger partial charge in [0, 0.05) is 0 Å². The van der Waals surface area contributed by atoms with Gasteiger partial charge in [-0.3, -0.25) is 4.79 Å². The van der Waals surface area contributed by atoms with Gasteiger partial charge in [0.15, 0.2) is 0 Å². The highest BCUT2D eigenvalue weighted by molar-refractivity contribution is 6.68. The van der Waals surface area contributed by atoms with Gasteiger partial charge in [0.2, 0.25) is 0 Å². The predicted octanol–water partition coefficient (Wildman–Crippen LogP) is 2.08. The molecule has 2 nitrogen and oxygen atoms in total. The first kappa shape index (κ1) is 8.69. The highest BCUT2D eigenvalue weighted by Gasteiger charge is 2.09. The van der Waals surface area contributed by atoms with Gasteiger partial charge >= 0.3 is 0 Å². The van der Waals surface area contributed by atoms with E-state index < -0.39 is 11.1 Å². The van der Waals surface area contributed by atoms with Crippen molar-refractivity contribution in [3.8, 4) is 6.07 Å². The number of benzene rings is 1. The molecular formula is C8H3ClFNO. The molecular weight excluding hydrogens is 181 g/mol. The highest BCUT2D eigenvalue weighted by Crippen LogP contribution is 2.12. The second kappa shape index (κ2) is 3.33. The lowest BCUT2D eigenvalue weighted by Gasteiger charge is -1.96. The summed E-state index contributed by atoms with van der Waals surface area (Å²) in [7, 11) is 0. The molecule has 60 valence electrons. The third-order valence-corrected chi connectivity index (χ3v) is 1.52. The first-order chi connectivity index (χ1) is 5.65. The summed E-state index contributed by atoms with van der Waals surface area (Å²) in [6, 6.07) is 4.98. The molecule has 0 aliphatic rings. The van der Waals surface area contributed by atoms with Crippen LogP contribution >= 0.6 is 11.6 Å². The topological polar surface area (TPSA) is 40.9 Å². The van der Waals surface area contributed by atoms with Crippen LogP contribution in [0.15, 0.2) is 18.2 Å². The first-order valence-electron chi connectivity index (χ1n) is 3.04. The summed E-state index contributed by atoms with van der Waals surface area (Å²) < 4.78 is 12.5. The van der Waals surface area contributed by atoms with Crippen LogP contribution < -0.4 is 0 Å². The molecule has 0 aromatic heterocycles. The fourth-order valence-corrected chi connectivity index (χ4v) is 0.933. The van der Waals surface area contributed by atoms with Crippen LogP contribution in [0, 0.1) is 17.1 Å². The Hall–Kier alpha value is -1.40. The molecule has 0 atom stereocenters. The highest BCUT2D eigenvalue weighted by atomic mass is 35.5. The van der Waals surface area contributed by atoms with Crippen LogP contribution in [-0.4, -0.2) is 5.24 Å². The van der Waals surface area contributed by atoms with E-state index in [-0.39, 0.29) is 11.1 Å². The van der Waals surface area contributed by atoms with Crippen molar-refractivity contribution in [3.05, 3.63) is 35.1 Å². The van der Waals surface area contributed by atoms with Crippen molar-refractivity contribution in [3.63, 3.8) is 0 Å². The van der Waals surface area contributed by atoms with E-state index in [9.17, 15) is 9.18 Å². The Balaban J connectivity index is 3.34. The Kier molecular flexibility index (Phi) is 2.41. The SMILES string of the molecule is N#Cc1ccc(F)cc1C(=O)Cl. The quantitative estimate of drug-likeness (QED) is 0.626. The zero-order chi connectivity index (χ0) is 9.14. The van der Waals surface area contributed by atoms with Gasteiger partial charge in [-0.2, -0.15) is 5.26 Å². The molecule has 0 aliphatic heterocycles. The Morgan fingerprint density at radius 1 is 1.58 bits per heavy atom. The van der Waals surface area contributed by atoms with Gasteiger partial charge in [0.05, 0.1) is 17.2 Å². The first-order valence-corrected chi connectivity index (χ1v) is 3.42. The third-order valence-electron chi connectivity index (χ3n) is 1.31. The summed E-state index contributed by atoms with van der Waals surface area (Å²) in [6.45, 7) is 0. The smallest absolute Gasteiger partial charge is 0.253 e. The second-order valence-electron chi connectivity index (χ2n) is 2.08. The zero-order valence-electron chi connectivity index (χ0n) is 5.84. The number of carbonyl (C=O) groups excluding carboxylic acids is 1. The van der Waals surface area contributed by atoms with E-state index in [4.69, 9.17) is 16.9 Å². The molecule has 0 bridgehead atoms. The van der Waals surface area contributed by atoms with Gasteiger partial charge in [-0.15, -0.1) is 0 Å². The molecule has 12 heavy (non-hydrogen) atoms. The Bertz CT molecular complexity index is 370. The van der Waals surface area contributed by atoms with Crippen LogP contribution in [0.2, 0.25) is 0 Å². The van der Waals surface area contributed by atoms with Crippen LogP contribution in [0.1, 0.15) is 15.9 Å². The zero-order valence-corrected chi connectivity index (χ0v) is 6.60. The minimum absolute atomic E-state index is 0.0800. The molecule has 0 unspecified atom stereocenters. The summed E-state index contributed by atoms with van der Waals surface area (Å²) >= 11 is 5.10. The fourth-order valence-electron chi connectivity index (χ4n) is 0.777. The van der Waals surface area contributed by atoms with Crippen LogP contribution in [0.3, 0.4) is 0 Å². The van der Waals surface area contributed by atoms with E-state index in [1.165, 1.54) is 6.07 Å². The van der Waals surface area contributed by atoms with E-state index in [0.717, 1.165) is 12.1 Å². The molecule has 0 heterocycles. The van der Waals surface area contributed by atoms with Crippen molar-refractivity contribution in [1.29, 1.82) is 5.26 Å². The fraction of sp³-hybridized carbons (Fsp3) is 0. The van der Waals surface area contributed by atoms with Crippen molar-refractivity contribution >= 4 is 16.8 Å². The van der Waals surface area contributed by atoms with Gasteiger partial charge in [-0.05, 0) is 29.8 Å². The Labute approximate surface area is 73.2 Å². The molecule has 0 fully saturated rings. The van der Waals surface area contributed by atoms with Crippen molar-refractivity contribution in [1.82, 2.24) is 0 Å². The van der Waals surface area contributed by atoms with Crippen molar-refractivity contribution in [2.24, 2.45) is 0 Å². The summed E-state index contributed by atoms with van der Waals surface area (Å²) in [5.41, 5.74) is -0.0180. The lowest BCUT2D eigenvalue weighted by atomic mass is 10.1. The maximum atomic E-state index is 12.5. The van der Waals surface area contributed by atoms with E-state index in [1.54, 1.807) is 6.07 Å². The van der Waals surface area contributed by atoms with Gasteiger partial charge in [0.1, 0.15) is 5.82 Å². The molecule has 0 radical (unpaired) electrons. The monoisotopic (exact) mass is 183 g/mol. The standard InChI is InChI=1S/C8H3ClFNO/c9-8(12)7-3-6(10)2-1-5(7)4-11/h1-3H. The Morgan fingerprint density at radius 2 is 2.25 bits per heavy atom. The van der Waals surface area contributed by atoms with Crippen molar-refractivity contribution in [2.75, 3.05) is 0 Å². The molecule has 4 heteroatoms. The third kappa shape index (κ3) is 1.60. The summed E-state index contributed by atoms with van der Waals surface area (Å²) in [4.78, 5) is 10.6. The van der Waals surface area contributed by atoms with Gasteiger partial charge < -0.3 is 0 Å². The van der Waals surface area contributed by atoms with Crippen LogP contribution in [0.4, 0.5) is 4.39 Å². The van der Waals surface area contributed by atoms with E-state index in [2.05, 4.69) is 0 Å². The number of nitriles is 1. The molecule has 0 aliphatic carbocycles. The second-order valence-corrected chi connectivity index (χ2v) is 2.42. The summed E-state index contributed by atoms with van der Waals surface area (Å²) in [5, 5.41) is 7.65. The van der Waals surface area contributed by atoms with Crippen LogP contribution in [0.25, 0.3) is 0 Å². The number of hydrogen-bond acceptors (Lipinski definition) is 2. The molecule has 1 aromatic rings. The van der Waals surface area contributed by atoms with E-state index in [1.807, 2.05) is 0 Å². The molecule has 0 N–H and O–H groups in total. The average Bonchev–Trinajstić information content (AvgIpc) is 2.04. The summed E-state index contributed by atoms with van der Waals surface area (Å²) in [5.74, 6) is -0.585. The number of rotatable bonds is 1.